The van der Waals surface area contributed by atoms with Crippen molar-refractivity contribution in [2.45, 2.75) is 70.8 Å². The number of carbonyl (C=O) groups is 3. The Bertz CT molecular complexity index is 2440. The van der Waals surface area contributed by atoms with Gasteiger partial charge >= 0.3 is 11.9 Å². The summed E-state index contributed by atoms with van der Waals surface area (Å²) in [4.78, 5) is 54.0. The molecule has 11 nitrogen and oxygen atoms in total. The highest BCUT2D eigenvalue weighted by atomic mass is 35.5. The molecular formula is C44H43Cl2N5O6S2. The topological polar surface area (TPSA) is 144 Å². The minimum Gasteiger partial charge on any atom is -0.494 e. The lowest BCUT2D eigenvalue weighted by molar-refractivity contribution is -0.137. The lowest BCUT2D eigenvalue weighted by Gasteiger charge is -2.29. The highest BCUT2D eigenvalue weighted by molar-refractivity contribution is 7.22. The third kappa shape index (κ3) is 10.6. The minimum atomic E-state index is -0.744. The maximum Gasteiger partial charge on any atom is 0.357 e. The van der Waals surface area contributed by atoms with Crippen molar-refractivity contribution in [3.8, 4) is 17.0 Å². The number of anilines is 2. The molecule has 3 aromatic heterocycles. The zero-order valence-electron chi connectivity index (χ0n) is 32.5. The molecule has 0 atom stereocenters. The van der Waals surface area contributed by atoms with Gasteiger partial charge < -0.3 is 19.5 Å². The summed E-state index contributed by atoms with van der Waals surface area (Å²) in [6, 6.07) is 20.9. The summed E-state index contributed by atoms with van der Waals surface area (Å²) in [6.07, 6.45) is 9.41. The zero-order chi connectivity index (χ0) is 41.3. The predicted molar refractivity (Wildman–Crippen MR) is 235 cm³/mol. The predicted octanol–water partition coefficient (Wildman–Crippen LogP) is 10.7. The van der Waals surface area contributed by atoms with Crippen LogP contribution in [0, 0.1) is 0 Å². The number of nitrogens with zero attached hydrogens (tertiary/aromatic N) is 4. The number of methoxy groups -OCH3 is 1. The van der Waals surface area contributed by atoms with Crippen LogP contribution in [0.15, 0.2) is 72.9 Å². The zero-order valence-corrected chi connectivity index (χ0v) is 35.6. The number of hydrogen-bond donors (Lipinski definition) is 2. The molecule has 3 aromatic carbocycles. The Balaban J connectivity index is 0.940. The summed E-state index contributed by atoms with van der Waals surface area (Å²) in [5.74, 6) is -0.853. The van der Waals surface area contributed by atoms with Crippen molar-refractivity contribution in [3.63, 3.8) is 0 Å². The standard InChI is InChI=1S/C44H43Cl2N5O6S2/c1-56-42(55)40-37(16-10-22-57-29-18-19-31(33(45)24-29)39-34(46)23-27(25-47-39)11-5-3-2-4-6-17-38(52)53)59-44(49-40)51-21-20-28-12-9-13-30(32(28)26-51)41(54)50-43-48-35-14-7-8-15-36(35)58-43/h7-9,12-15,18-19,23-25H,2-6,10-11,16-17,20-22,26H2,1H3,(H,52,53)(H,48,50,54). The number of nitrogens with one attached hydrogen (secondary N) is 1. The van der Waals surface area contributed by atoms with E-state index in [0.29, 0.717) is 81.8 Å². The van der Waals surface area contributed by atoms with Crippen molar-refractivity contribution >= 4 is 84.2 Å². The van der Waals surface area contributed by atoms with E-state index in [1.165, 1.54) is 29.8 Å². The highest BCUT2D eigenvalue weighted by Crippen LogP contribution is 2.36. The molecule has 59 heavy (non-hydrogen) atoms. The maximum absolute atomic E-state index is 13.6. The number of fused-ring (bicyclic) bond motifs is 2. The van der Waals surface area contributed by atoms with Gasteiger partial charge in [0, 0.05) is 41.7 Å². The van der Waals surface area contributed by atoms with Gasteiger partial charge in [-0.3, -0.25) is 19.9 Å². The number of carboxylic acids is 1. The number of aliphatic carboxylic acids is 1. The second-order valence-electron chi connectivity index (χ2n) is 14.2. The molecule has 15 heteroatoms. The number of pyridine rings is 1. The van der Waals surface area contributed by atoms with Crippen LogP contribution in [0.5, 0.6) is 5.75 Å². The Morgan fingerprint density at radius 2 is 1.73 bits per heavy atom. The molecule has 0 radical (unpaired) electrons. The number of aryl methyl sites for hydroxylation is 2. The second-order valence-corrected chi connectivity index (χ2v) is 17.2. The van der Waals surface area contributed by atoms with E-state index < -0.39 is 11.9 Å². The average Bonchev–Trinajstić information content (AvgIpc) is 3.85. The van der Waals surface area contributed by atoms with Gasteiger partial charge in [0.2, 0.25) is 0 Å². The van der Waals surface area contributed by atoms with E-state index in [0.717, 1.165) is 70.3 Å². The van der Waals surface area contributed by atoms with E-state index in [1.807, 2.05) is 60.8 Å². The molecular weight excluding hydrogens is 830 g/mol. The van der Waals surface area contributed by atoms with Crippen LogP contribution in [0.4, 0.5) is 10.3 Å². The number of hydrogen-bond acceptors (Lipinski definition) is 11. The fourth-order valence-corrected chi connectivity index (χ4v) is 9.62. The number of halogens is 2. The van der Waals surface area contributed by atoms with Crippen LogP contribution in [0.3, 0.4) is 0 Å². The van der Waals surface area contributed by atoms with Crippen LogP contribution < -0.4 is 15.0 Å². The van der Waals surface area contributed by atoms with Gasteiger partial charge in [0.15, 0.2) is 16.0 Å². The monoisotopic (exact) mass is 871 g/mol. The lowest BCUT2D eigenvalue weighted by atomic mass is 9.94. The minimum absolute atomic E-state index is 0.213. The van der Waals surface area contributed by atoms with E-state index in [1.54, 1.807) is 6.07 Å². The molecule has 0 fully saturated rings. The number of para-hydroxylation sites is 1. The van der Waals surface area contributed by atoms with Crippen LogP contribution in [-0.2, 0) is 35.3 Å². The molecule has 1 aliphatic heterocycles. The van der Waals surface area contributed by atoms with Gasteiger partial charge in [-0.05, 0) is 97.7 Å². The van der Waals surface area contributed by atoms with E-state index in [9.17, 15) is 14.4 Å². The molecule has 1 aliphatic rings. The number of benzene rings is 3. The van der Waals surface area contributed by atoms with Crippen molar-refractivity contribution in [2.75, 3.05) is 30.5 Å². The van der Waals surface area contributed by atoms with Gasteiger partial charge in [-0.25, -0.2) is 14.8 Å². The first-order chi connectivity index (χ1) is 28.7. The van der Waals surface area contributed by atoms with Crippen LogP contribution in [0.2, 0.25) is 10.0 Å². The summed E-state index contributed by atoms with van der Waals surface area (Å²) in [6.45, 7) is 1.53. The van der Waals surface area contributed by atoms with Gasteiger partial charge in [-0.2, -0.15) is 0 Å². The number of thiazole rings is 2. The third-order valence-electron chi connectivity index (χ3n) is 10.1. The van der Waals surface area contributed by atoms with Gasteiger partial charge in [0.05, 0.1) is 39.7 Å². The van der Waals surface area contributed by atoms with Crippen molar-refractivity contribution < 1.29 is 29.0 Å². The van der Waals surface area contributed by atoms with Crippen molar-refractivity contribution in [1.82, 2.24) is 15.0 Å². The Morgan fingerprint density at radius 3 is 2.53 bits per heavy atom. The molecule has 1 amide bonds. The molecule has 0 unspecified atom stereocenters. The van der Waals surface area contributed by atoms with Crippen LogP contribution in [0.25, 0.3) is 21.5 Å². The molecule has 306 valence electrons. The number of carboxylic acid groups (broad SMARTS) is 1. The van der Waals surface area contributed by atoms with E-state index in [4.69, 9.17) is 42.8 Å². The molecule has 4 heterocycles. The van der Waals surface area contributed by atoms with E-state index in [2.05, 4.69) is 26.3 Å². The molecule has 7 rings (SSSR count). The largest absolute Gasteiger partial charge is 0.494 e. The first-order valence-corrected chi connectivity index (χ1v) is 22.0. The number of unbranched alkanes of at least 4 members (excludes halogenated alkanes) is 4. The summed E-state index contributed by atoms with van der Waals surface area (Å²) in [7, 11) is 1.35. The Labute approximate surface area is 360 Å². The highest BCUT2D eigenvalue weighted by Gasteiger charge is 2.27. The van der Waals surface area contributed by atoms with Crippen molar-refractivity contribution in [2.24, 2.45) is 0 Å². The SMILES string of the molecule is COC(=O)c1nc(N2CCc3cccc(C(=O)Nc4nc5ccccc5s4)c3C2)sc1CCCOc1ccc(-c2ncc(CCCCCCCC(=O)O)cc2Cl)c(Cl)c1. The Kier molecular flexibility index (Phi) is 14.1. The first kappa shape index (κ1) is 42.1. The Hall–Kier alpha value is -5.08. The van der Waals surface area contributed by atoms with E-state index >= 15 is 0 Å². The van der Waals surface area contributed by atoms with Crippen LogP contribution >= 0.6 is 45.9 Å². The fourth-order valence-electron chi connectivity index (χ4n) is 7.10. The number of ether oxygens (including phenoxy) is 2. The van der Waals surface area contributed by atoms with Crippen LogP contribution in [-0.4, -0.2) is 58.2 Å². The first-order valence-electron chi connectivity index (χ1n) is 19.6. The fraction of sp³-hybridized carbons (Fsp3) is 0.318. The second kappa shape index (κ2) is 19.8. The van der Waals surface area contributed by atoms with E-state index in [-0.39, 0.29) is 18.0 Å². The summed E-state index contributed by atoms with van der Waals surface area (Å²) in [5.41, 5.74) is 6.10. The van der Waals surface area contributed by atoms with Crippen molar-refractivity contribution in [3.05, 3.63) is 116 Å². The molecule has 6 aromatic rings. The summed E-state index contributed by atoms with van der Waals surface area (Å²) in [5, 5.41) is 14.0. The molecule has 0 spiro atoms. The lowest BCUT2D eigenvalue weighted by Crippen LogP contribution is -2.32. The number of aromatic nitrogens is 3. The smallest absolute Gasteiger partial charge is 0.357 e. The summed E-state index contributed by atoms with van der Waals surface area (Å²) >= 11 is 16.3. The normalized spacial score (nSPS) is 12.4. The number of rotatable bonds is 18. The van der Waals surface area contributed by atoms with Gasteiger partial charge in [-0.15, -0.1) is 11.3 Å². The molecule has 0 saturated carbocycles. The third-order valence-corrected chi connectivity index (χ3v) is 12.9. The summed E-state index contributed by atoms with van der Waals surface area (Å²) < 4.78 is 12.2. The molecule has 0 bridgehead atoms. The molecule has 2 N–H and O–H groups in total. The number of esters is 1. The molecule has 0 aliphatic carbocycles. The number of carbonyl (C=O) groups excluding carboxylic acids is 2. The average molecular weight is 873 g/mol. The van der Waals surface area contributed by atoms with Gasteiger partial charge in [-0.1, -0.05) is 78.1 Å². The maximum atomic E-state index is 13.6. The molecule has 0 saturated heterocycles. The quantitative estimate of drug-likeness (QED) is 0.0633. The van der Waals surface area contributed by atoms with Crippen molar-refractivity contribution in [1.29, 1.82) is 0 Å². The number of amides is 1. The van der Waals surface area contributed by atoms with Gasteiger partial charge in [0.1, 0.15) is 5.75 Å². The van der Waals surface area contributed by atoms with Gasteiger partial charge in [0.25, 0.3) is 5.91 Å². The Morgan fingerprint density at radius 1 is 0.898 bits per heavy atom. The van der Waals surface area contributed by atoms with Crippen LogP contribution in [0.1, 0.15) is 87.4 Å².